The molecule has 5 nitrogen and oxygen atoms in total. The van der Waals surface area contributed by atoms with Crippen LogP contribution in [-0.4, -0.2) is 15.3 Å². The van der Waals surface area contributed by atoms with Gasteiger partial charge in [-0.1, -0.05) is 60.7 Å². The lowest BCUT2D eigenvalue weighted by Crippen LogP contribution is -2.26. The van der Waals surface area contributed by atoms with E-state index in [4.69, 9.17) is 4.74 Å². The van der Waals surface area contributed by atoms with E-state index >= 15 is 0 Å². The number of hydrogen-bond donors (Lipinski definition) is 0. The Labute approximate surface area is 139 Å². The van der Waals surface area contributed by atoms with Crippen molar-refractivity contribution < 1.29 is 9.53 Å². The van der Waals surface area contributed by atoms with Crippen LogP contribution in [0.15, 0.2) is 71.7 Å². The molecule has 2 aromatic carbocycles. The molecule has 0 N–H and O–H groups in total. The first kappa shape index (κ1) is 15.7. The third-order valence-corrected chi connectivity index (χ3v) is 3.62. The van der Waals surface area contributed by atoms with Crippen molar-refractivity contribution in [2.24, 2.45) is 7.05 Å². The summed E-state index contributed by atoms with van der Waals surface area (Å²) in [6, 6.07) is 18.4. The van der Waals surface area contributed by atoms with Gasteiger partial charge in [0.05, 0.1) is 0 Å². The quantitative estimate of drug-likeness (QED) is 0.678. The second kappa shape index (κ2) is 6.91. The van der Waals surface area contributed by atoms with Crippen molar-refractivity contribution in [2.45, 2.75) is 6.61 Å². The Balaban J connectivity index is 1.84. The molecule has 0 spiro atoms. The number of hydrogen-bond acceptors (Lipinski definition) is 4. The number of carbonyl (C=O) groups excluding carboxylic acids is 1. The van der Waals surface area contributed by atoms with Gasteiger partial charge in [-0.2, -0.15) is 0 Å². The van der Waals surface area contributed by atoms with Gasteiger partial charge >= 0.3 is 0 Å². The zero-order valence-electron chi connectivity index (χ0n) is 13.2. The second-order valence-corrected chi connectivity index (χ2v) is 5.29. The fraction of sp³-hybridized carbons (Fsp3) is 0.105. The average Bonchev–Trinajstić information content (AvgIpc) is 2.64. The molecule has 0 radical (unpaired) electrons. The SMILES string of the molecule is Cn1c(OCc2ccccc2)ncc(C(=O)c2ccccc2)c1=O. The zero-order chi connectivity index (χ0) is 16.9. The summed E-state index contributed by atoms with van der Waals surface area (Å²) in [6.45, 7) is 0.299. The summed E-state index contributed by atoms with van der Waals surface area (Å²) in [7, 11) is 1.54. The molecule has 3 aromatic rings. The van der Waals surface area contributed by atoms with Crippen LogP contribution < -0.4 is 10.3 Å². The molecule has 24 heavy (non-hydrogen) atoms. The molecule has 0 aliphatic rings. The van der Waals surface area contributed by atoms with Crippen LogP contribution in [0.5, 0.6) is 6.01 Å². The molecular weight excluding hydrogens is 304 g/mol. The molecule has 0 fully saturated rings. The zero-order valence-corrected chi connectivity index (χ0v) is 13.2. The minimum Gasteiger partial charge on any atom is -0.460 e. The van der Waals surface area contributed by atoms with Gasteiger partial charge < -0.3 is 4.74 Å². The molecule has 0 unspecified atom stereocenters. The van der Waals surface area contributed by atoms with E-state index in [0.29, 0.717) is 12.2 Å². The predicted molar refractivity (Wildman–Crippen MR) is 90.1 cm³/mol. The molecule has 0 saturated heterocycles. The summed E-state index contributed by atoms with van der Waals surface area (Å²) in [4.78, 5) is 29.0. The highest BCUT2D eigenvalue weighted by Gasteiger charge is 2.16. The molecule has 0 saturated carbocycles. The number of carbonyl (C=O) groups is 1. The molecule has 1 aromatic heterocycles. The second-order valence-electron chi connectivity index (χ2n) is 5.29. The molecule has 0 amide bonds. The molecule has 0 aliphatic carbocycles. The maximum absolute atomic E-state index is 12.4. The summed E-state index contributed by atoms with van der Waals surface area (Å²) < 4.78 is 6.83. The summed E-state index contributed by atoms with van der Waals surface area (Å²) >= 11 is 0. The normalized spacial score (nSPS) is 10.4. The lowest BCUT2D eigenvalue weighted by atomic mass is 10.1. The first-order valence-electron chi connectivity index (χ1n) is 7.49. The fourth-order valence-electron chi connectivity index (χ4n) is 2.29. The van der Waals surface area contributed by atoms with E-state index in [-0.39, 0.29) is 17.4 Å². The Morgan fingerprint density at radius 2 is 1.67 bits per heavy atom. The topological polar surface area (TPSA) is 61.2 Å². The van der Waals surface area contributed by atoms with Gasteiger partial charge in [0.25, 0.3) is 11.6 Å². The summed E-state index contributed by atoms with van der Waals surface area (Å²) in [5.74, 6) is -0.349. The molecule has 3 rings (SSSR count). The van der Waals surface area contributed by atoms with Gasteiger partial charge in [-0.3, -0.25) is 14.2 Å². The van der Waals surface area contributed by atoms with E-state index in [1.165, 1.54) is 17.8 Å². The van der Waals surface area contributed by atoms with Crippen LogP contribution >= 0.6 is 0 Å². The van der Waals surface area contributed by atoms with Crippen LogP contribution in [0.3, 0.4) is 0 Å². The minimum atomic E-state index is -0.429. The Morgan fingerprint density at radius 1 is 1.04 bits per heavy atom. The fourth-order valence-corrected chi connectivity index (χ4v) is 2.29. The van der Waals surface area contributed by atoms with Crippen molar-refractivity contribution in [3.63, 3.8) is 0 Å². The van der Waals surface area contributed by atoms with Crippen LogP contribution in [0.1, 0.15) is 21.5 Å². The Kier molecular flexibility index (Phi) is 4.52. The maximum atomic E-state index is 12.4. The van der Waals surface area contributed by atoms with Gasteiger partial charge in [-0.25, -0.2) is 4.98 Å². The van der Waals surface area contributed by atoms with Gasteiger partial charge in [0, 0.05) is 18.8 Å². The van der Waals surface area contributed by atoms with Crippen LogP contribution in [0, 0.1) is 0 Å². The van der Waals surface area contributed by atoms with Crippen LogP contribution in [-0.2, 0) is 13.7 Å². The predicted octanol–water partition coefficient (Wildman–Crippen LogP) is 2.59. The third-order valence-electron chi connectivity index (χ3n) is 3.62. The van der Waals surface area contributed by atoms with Gasteiger partial charge in [0.15, 0.2) is 5.78 Å². The van der Waals surface area contributed by atoms with Crippen LogP contribution in [0.25, 0.3) is 0 Å². The number of ketones is 1. The molecule has 120 valence electrons. The highest BCUT2D eigenvalue weighted by atomic mass is 16.5. The lowest BCUT2D eigenvalue weighted by Gasteiger charge is -2.10. The molecule has 5 heteroatoms. The van der Waals surface area contributed by atoms with Gasteiger partial charge in [0.2, 0.25) is 0 Å². The average molecular weight is 320 g/mol. The van der Waals surface area contributed by atoms with Crippen molar-refractivity contribution in [1.29, 1.82) is 0 Å². The molecular formula is C19H16N2O3. The smallest absolute Gasteiger partial charge is 0.299 e. The largest absolute Gasteiger partial charge is 0.460 e. The molecule has 1 heterocycles. The van der Waals surface area contributed by atoms with E-state index in [1.54, 1.807) is 24.3 Å². The monoisotopic (exact) mass is 320 g/mol. The van der Waals surface area contributed by atoms with Gasteiger partial charge in [-0.05, 0) is 5.56 Å². The first-order valence-corrected chi connectivity index (χ1v) is 7.49. The summed E-state index contributed by atoms with van der Waals surface area (Å²) in [5.41, 5.74) is 1.02. The molecule has 0 bridgehead atoms. The number of aromatic nitrogens is 2. The van der Waals surface area contributed by atoms with E-state index in [0.717, 1.165) is 5.56 Å². The number of benzene rings is 2. The Hall–Kier alpha value is -3.21. The highest BCUT2D eigenvalue weighted by Crippen LogP contribution is 2.10. The van der Waals surface area contributed by atoms with Crippen molar-refractivity contribution >= 4 is 5.78 Å². The Bertz CT molecular complexity index is 903. The van der Waals surface area contributed by atoms with Gasteiger partial charge in [-0.15, -0.1) is 0 Å². The molecule has 0 atom stereocenters. The van der Waals surface area contributed by atoms with E-state index in [1.807, 2.05) is 36.4 Å². The van der Waals surface area contributed by atoms with Gasteiger partial charge in [0.1, 0.15) is 12.2 Å². The van der Waals surface area contributed by atoms with E-state index in [2.05, 4.69) is 4.98 Å². The first-order chi connectivity index (χ1) is 11.7. The maximum Gasteiger partial charge on any atom is 0.299 e. The summed E-state index contributed by atoms with van der Waals surface area (Å²) in [6.07, 6.45) is 1.28. The van der Waals surface area contributed by atoms with Crippen molar-refractivity contribution in [3.8, 4) is 6.01 Å². The molecule has 0 aliphatic heterocycles. The van der Waals surface area contributed by atoms with E-state index < -0.39 is 5.56 Å². The number of ether oxygens (including phenoxy) is 1. The standard InChI is InChI=1S/C19H16N2O3/c1-21-18(23)16(17(22)15-10-6-3-7-11-15)12-20-19(21)24-13-14-8-4-2-5-9-14/h2-12H,13H2,1H3. The van der Waals surface area contributed by atoms with E-state index in [9.17, 15) is 9.59 Å². The van der Waals surface area contributed by atoms with Crippen molar-refractivity contribution in [3.05, 3.63) is 93.9 Å². The lowest BCUT2D eigenvalue weighted by molar-refractivity contribution is 0.103. The van der Waals surface area contributed by atoms with Crippen molar-refractivity contribution in [2.75, 3.05) is 0 Å². The van der Waals surface area contributed by atoms with Crippen molar-refractivity contribution in [1.82, 2.24) is 9.55 Å². The number of nitrogens with zero attached hydrogens (tertiary/aromatic N) is 2. The van der Waals surface area contributed by atoms with Crippen LogP contribution in [0.2, 0.25) is 0 Å². The highest BCUT2D eigenvalue weighted by molar-refractivity contribution is 6.08. The Morgan fingerprint density at radius 3 is 2.33 bits per heavy atom. The van der Waals surface area contributed by atoms with Crippen LogP contribution in [0.4, 0.5) is 0 Å². The third kappa shape index (κ3) is 3.25. The minimum absolute atomic E-state index is 0.0239. The number of rotatable bonds is 5. The summed E-state index contributed by atoms with van der Waals surface area (Å²) in [5, 5.41) is 0.